The van der Waals surface area contributed by atoms with Crippen LogP contribution in [-0.4, -0.2) is 31.7 Å². The van der Waals surface area contributed by atoms with Crippen LogP contribution in [0.2, 0.25) is 5.02 Å². The standard InChI is InChI=1S/C9H11ClN6O/c10-8-7(6-13-14-9(8)17)11-2-1-4-16-5-3-12-15-16/h3,5-6H,1-2,4H2,(H2,11,14,17). The highest BCUT2D eigenvalue weighted by molar-refractivity contribution is 6.32. The molecule has 0 saturated heterocycles. The normalized spacial score (nSPS) is 10.4. The second kappa shape index (κ2) is 5.44. The quantitative estimate of drug-likeness (QED) is 0.760. The summed E-state index contributed by atoms with van der Waals surface area (Å²) in [6.07, 6.45) is 5.75. The van der Waals surface area contributed by atoms with Crippen LogP contribution in [0, 0.1) is 0 Å². The van der Waals surface area contributed by atoms with E-state index in [1.165, 1.54) is 6.20 Å². The zero-order chi connectivity index (χ0) is 12.1. The van der Waals surface area contributed by atoms with Gasteiger partial charge < -0.3 is 5.32 Å². The minimum Gasteiger partial charge on any atom is -0.382 e. The number of aryl methyl sites for hydroxylation is 1. The number of halogens is 1. The van der Waals surface area contributed by atoms with E-state index in [4.69, 9.17) is 11.6 Å². The predicted octanol–water partition coefficient (Wildman–Crippen LogP) is 0.517. The summed E-state index contributed by atoms with van der Waals surface area (Å²) in [5.74, 6) is 0. The number of anilines is 1. The first-order valence-corrected chi connectivity index (χ1v) is 5.46. The van der Waals surface area contributed by atoms with Crippen LogP contribution >= 0.6 is 11.6 Å². The maximum atomic E-state index is 11.1. The summed E-state index contributed by atoms with van der Waals surface area (Å²) < 4.78 is 1.74. The molecule has 0 aliphatic rings. The molecule has 0 saturated carbocycles. The van der Waals surface area contributed by atoms with Crippen molar-refractivity contribution < 1.29 is 0 Å². The second-order valence-corrected chi connectivity index (χ2v) is 3.75. The van der Waals surface area contributed by atoms with E-state index in [-0.39, 0.29) is 5.02 Å². The highest BCUT2D eigenvalue weighted by Gasteiger charge is 2.03. The van der Waals surface area contributed by atoms with Crippen molar-refractivity contribution in [3.63, 3.8) is 0 Å². The van der Waals surface area contributed by atoms with Gasteiger partial charge in [-0.3, -0.25) is 9.48 Å². The first-order valence-electron chi connectivity index (χ1n) is 5.08. The Morgan fingerprint density at radius 2 is 2.41 bits per heavy atom. The van der Waals surface area contributed by atoms with E-state index in [9.17, 15) is 4.79 Å². The smallest absolute Gasteiger partial charge is 0.285 e. The molecule has 8 heteroatoms. The molecule has 90 valence electrons. The number of H-pyrrole nitrogens is 1. The van der Waals surface area contributed by atoms with E-state index in [1.54, 1.807) is 17.1 Å². The van der Waals surface area contributed by atoms with Crippen molar-refractivity contribution in [3.05, 3.63) is 34.0 Å². The van der Waals surface area contributed by atoms with Crippen molar-refractivity contribution >= 4 is 17.3 Å². The Labute approximate surface area is 102 Å². The molecule has 2 heterocycles. The minimum atomic E-state index is -0.395. The average Bonchev–Trinajstić information content (AvgIpc) is 2.83. The van der Waals surface area contributed by atoms with Crippen molar-refractivity contribution in [3.8, 4) is 0 Å². The third kappa shape index (κ3) is 3.04. The van der Waals surface area contributed by atoms with E-state index in [0.717, 1.165) is 13.0 Å². The number of nitrogens with one attached hydrogen (secondary N) is 2. The molecule has 0 fully saturated rings. The maximum Gasteiger partial charge on any atom is 0.285 e. The van der Waals surface area contributed by atoms with Gasteiger partial charge in [-0.05, 0) is 6.42 Å². The van der Waals surface area contributed by atoms with Crippen LogP contribution in [0.15, 0.2) is 23.4 Å². The summed E-state index contributed by atoms with van der Waals surface area (Å²) in [7, 11) is 0. The topological polar surface area (TPSA) is 88.5 Å². The molecule has 17 heavy (non-hydrogen) atoms. The predicted molar refractivity (Wildman–Crippen MR) is 63.0 cm³/mol. The molecule has 0 amide bonds. The summed E-state index contributed by atoms with van der Waals surface area (Å²) in [5, 5.41) is 16.6. The van der Waals surface area contributed by atoms with Crippen LogP contribution in [0.4, 0.5) is 5.69 Å². The number of aromatic nitrogens is 5. The van der Waals surface area contributed by atoms with E-state index < -0.39 is 5.56 Å². The Hall–Kier alpha value is -1.89. The highest BCUT2D eigenvalue weighted by Crippen LogP contribution is 2.13. The largest absolute Gasteiger partial charge is 0.382 e. The molecule has 0 atom stereocenters. The zero-order valence-electron chi connectivity index (χ0n) is 8.93. The van der Waals surface area contributed by atoms with Crippen molar-refractivity contribution in [2.24, 2.45) is 0 Å². The number of aromatic amines is 1. The second-order valence-electron chi connectivity index (χ2n) is 3.37. The summed E-state index contributed by atoms with van der Waals surface area (Å²) in [4.78, 5) is 11.1. The minimum absolute atomic E-state index is 0.126. The van der Waals surface area contributed by atoms with Gasteiger partial charge in [0.1, 0.15) is 5.02 Å². The molecule has 0 aromatic carbocycles. The first-order chi connectivity index (χ1) is 8.27. The van der Waals surface area contributed by atoms with E-state index >= 15 is 0 Å². The lowest BCUT2D eigenvalue weighted by Crippen LogP contribution is -2.13. The van der Waals surface area contributed by atoms with Crippen LogP contribution in [-0.2, 0) is 6.54 Å². The summed E-state index contributed by atoms with van der Waals surface area (Å²) in [6, 6.07) is 0. The Morgan fingerprint density at radius 3 is 3.18 bits per heavy atom. The molecule has 2 aromatic heterocycles. The summed E-state index contributed by atoms with van der Waals surface area (Å²) in [6.45, 7) is 1.42. The van der Waals surface area contributed by atoms with Crippen molar-refractivity contribution in [2.45, 2.75) is 13.0 Å². The third-order valence-corrected chi connectivity index (χ3v) is 2.52. The van der Waals surface area contributed by atoms with Crippen LogP contribution in [0.25, 0.3) is 0 Å². The molecular formula is C9H11ClN6O. The summed E-state index contributed by atoms with van der Waals surface area (Å²) >= 11 is 5.80. The summed E-state index contributed by atoms with van der Waals surface area (Å²) in [5.41, 5.74) is 0.141. The molecule has 0 spiro atoms. The molecule has 2 rings (SSSR count). The Kier molecular flexibility index (Phi) is 3.71. The Bertz CT molecular complexity index is 523. The first kappa shape index (κ1) is 11.6. The monoisotopic (exact) mass is 254 g/mol. The molecule has 2 aromatic rings. The van der Waals surface area contributed by atoms with E-state index in [1.807, 2.05) is 0 Å². The van der Waals surface area contributed by atoms with Gasteiger partial charge in [-0.2, -0.15) is 5.10 Å². The Balaban J connectivity index is 1.82. The molecule has 0 radical (unpaired) electrons. The van der Waals surface area contributed by atoms with Gasteiger partial charge in [0.25, 0.3) is 5.56 Å². The fourth-order valence-electron chi connectivity index (χ4n) is 1.32. The van der Waals surface area contributed by atoms with Gasteiger partial charge in [-0.15, -0.1) is 5.10 Å². The zero-order valence-corrected chi connectivity index (χ0v) is 9.68. The Morgan fingerprint density at radius 1 is 1.53 bits per heavy atom. The van der Waals surface area contributed by atoms with Crippen LogP contribution in [0.5, 0.6) is 0 Å². The SMILES string of the molecule is O=c1[nH]ncc(NCCCn2ccnn2)c1Cl. The fraction of sp³-hybridized carbons (Fsp3) is 0.333. The van der Waals surface area contributed by atoms with E-state index in [0.29, 0.717) is 12.2 Å². The van der Waals surface area contributed by atoms with Crippen LogP contribution in [0.3, 0.4) is 0 Å². The van der Waals surface area contributed by atoms with Crippen LogP contribution < -0.4 is 10.9 Å². The number of hydrogen-bond acceptors (Lipinski definition) is 5. The van der Waals surface area contributed by atoms with Gasteiger partial charge in [0.2, 0.25) is 0 Å². The maximum absolute atomic E-state index is 11.1. The molecule has 0 unspecified atom stereocenters. The van der Waals surface area contributed by atoms with Crippen molar-refractivity contribution in [2.75, 3.05) is 11.9 Å². The lowest BCUT2D eigenvalue weighted by Gasteiger charge is -2.06. The van der Waals surface area contributed by atoms with Crippen LogP contribution in [0.1, 0.15) is 6.42 Å². The molecule has 2 N–H and O–H groups in total. The van der Waals surface area contributed by atoms with Gasteiger partial charge >= 0.3 is 0 Å². The number of nitrogens with zero attached hydrogens (tertiary/aromatic N) is 4. The third-order valence-electron chi connectivity index (χ3n) is 2.15. The molecule has 7 nitrogen and oxygen atoms in total. The molecular weight excluding hydrogens is 244 g/mol. The lowest BCUT2D eigenvalue weighted by atomic mass is 10.4. The lowest BCUT2D eigenvalue weighted by molar-refractivity contribution is 0.570. The fourth-order valence-corrected chi connectivity index (χ4v) is 1.48. The van der Waals surface area contributed by atoms with Gasteiger partial charge in [-0.1, -0.05) is 16.8 Å². The van der Waals surface area contributed by atoms with E-state index in [2.05, 4.69) is 25.8 Å². The molecule has 0 aliphatic heterocycles. The average molecular weight is 255 g/mol. The van der Waals surface area contributed by atoms with Crippen molar-refractivity contribution in [1.82, 2.24) is 25.2 Å². The van der Waals surface area contributed by atoms with Gasteiger partial charge in [0, 0.05) is 19.3 Å². The van der Waals surface area contributed by atoms with Gasteiger partial charge in [0.05, 0.1) is 18.1 Å². The van der Waals surface area contributed by atoms with Gasteiger partial charge in [0.15, 0.2) is 0 Å². The molecule has 0 aliphatic carbocycles. The number of rotatable bonds is 5. The highest BCUT2D eigenvalue weighted by atomic mass is 35.5. The molecule has 0 bridgehead atoms. The van der Waals surface area contributed by atoms with Crippen molar-refractivity contribution in [1.29, 1.82) is 0 Å². The number of hydrogen-bond donors (Lipinski definition) is 2. The van der Waals surface area contributed by atoms with Gasteiger partial charge in [-0.25, -0.2) is 5.10 Å².